The number of carbonyl (C=O) groups excluding carboxylic acids is 1. The minimum absolute atomic E-state index is 0.230. The van der Waals surface area contributed by atoms with Crippen LogP contribution >= 0.6 is 0 Å². The van der Waals surface area contributed by atoms with Crippen molar-refractivity contribution in [2.75, 3.05) is 13.2 Å². The summed E-state index contributed by atoms with van der Waals surface area (Å²) in [4.78, 5) is 12.1. The van der Waals surface area contributed by atoms with Gasteiger partial charge >= 0.3 is 0 Å². The monoisotopic (exact) mass is 371 g/mol. The van der Waals surface area contributed by atoms with Crippen LogP contribution in [0.3, 0.4) is 0 Å². The summed E-state index contributed by atoms with van der Waals surface area (Å²) in [6.45, 7) is 2.03. The van der Waals surface area contributed by atoms with Gasteiger partial charge in [0.05, 0.1) is 6.61 Å². The molecular formula is C22H26FNO3. The molecule has 0 saturated heterocycles. The van der Waals surface area contributed by atoms with Crippen molar-refractivity contribution in [3.63, 3.8) is 0 Å². The first-order chi connectivity index (χ1) is 13.1. The molecule has 0 unspecified atom stereocenters. The third kappa shape index (κ3) is 5.79. The number of hydrogen-bond donors (Lipinski definition) is 2. The molecule has 5 heteroatoms. The molecule has 1 saturated carbocycles. The Hall–Kier alpha value is -2.40. The Bertz CT molecular complexity index is 742. The number of hydrogen-bond acceptors (Lipinski definition) is 3. The zero-order valence-electron chi connectivity index (χ0n) is 15.4. The van der Waals surface area contributed by atoms with Gasteiger partial charge in [-0.2, -0.15) is 0 Å². The summed E-state index contributed by atoms with van der Waals surface area (Å²) in [7, 11) is 0. The molecule has 0 heterocycles. The van der Waals surface area contributed by atoms with Gasteiger partial charge in [0.25, 0.3) is 5.91 Å². The molecule has 2 N–H and O–H groups in total. The van der Waals surface area contributed by atoms with E-state index in [1.165, 1.54) is 17.7 Å². The van der Waals surface area contributed by atoms with Crippen LogP contribution in [-0.4, -0.2) is 24.2 Å². The molecule has 144 valence electrons. The predicted molar refractivity (Wildman–Crippen MR) is 102 cm³/mol. The minimum atomic E-state index is -0.779. The highest BCUT2D eigenvalue weighted by molar-refractivity contribution is 5.94. The summed E-state index contributed by atoms with van der Waals surface area (Å²) in [5, 5.41) is 12.1. The number of aromatic hydroxyl groups is 1. The van der Waals surface area contributed by atoms with Crippen molar-refractivity contribution in [3.8, 4) is 5.75 Å². The van der Waals surface area contributed by atoms with Crippen molar-refractivity contribution < 1.29 is 19.0 Å². The number of benzene rings is 2. The smallest absolute Gasteiger partial charge is 0.251 e. The molecular weight excluding hydrogens is 345 g/mol. The van der Waals surface area contributed by atoms with E-state index in [2.05, 4.69) is 17.4 Å². The van der Waals surface area contributed by atoms with E-state index in [1.807, 2.05) is 18.2 Å². The fourth-order valence-corrected chi connectivity index (χ4v) is 3.51. The first-order valence-corrected chi connectivity index (χ1v) is 9.50. The summed E-state index contributed by atoms with van der Waals surface area (Å²) in [5.41, 5.74) is 1.42. The first kappa shape index (κ1) is 19.4. The molecule has 0 aromatic heterocycles. The van der Waals surface area contributed by atoms with Crippen LogP contribution in [0.15, 0.2) is 48.5 Å². The lowest BCUT2D eigenvalue weighted by Gasteiger charge is -2.28. The molecule has 0 bridgehead atoms. The van der Waals surface area contributed by atoms with Crippen molar-refractivity contribution in [2.24, 2.45) is 11.8 Å². The quantitative estimate of drug-likeness (QED) is 0.764. The lowest BCUT2D eigenvalue weighted by molar-refractivity contribution is 0.0664. The van der Waals surface area contributed by atoms with Gasteiger partial charge in [-0.1, -0.05) is 30.3 Å². The van der Waals surface area contributed by atoms with E-state index < -0.39 is 11.6 Å². The molecule has 2 aromatic rings. The molecule has 2 aromatic carbocycles. The average molecular weight is 371 g/mol. The summed E-state index contributed by atoms with van der Waals surface area (Å²) < 4.78 is 19.2. The highest BCUT2D eigenvalue weighted by atomic mass is 19.1. The van der Waals surface area contributed by atoms with Gasteiger partial charge in [-0.15, -0.1) is 0 Å². The Morgan fingerprint density at radius 1 is 1.07 bits per heavy atom. The number of nitrogens with one attached hydrogen (secondary N) is 1. The van der Waals surface area contributed by atoms with Gasteiger partial charge in [0.2, 0.25) is 0 Å². The summed E-state index contributed by atoms with van der Waals surface area (Å²) >= 11 is 0. The van der Waals surface area contributed by atoms with Crippen LogP contribution in [0.5, 0.6) is 5.75 Å². The normalized spacial score (nSPS) is 19.6. The SMILES string of the molecule is O=C(NCC1CCC(COCc2ccccc2)CC1)c1ccc(O)c(F)c1. The predicted octanol–water partition coefficient (Wildman–Crippen LogP) is 4.28. The van der Waals surface area contributed by atoms with Gasteiger partial charge in [0.1, 0.15) is 0 Å². The molecule has 0 atom stereocenters. The standard InChI is InChI=1S/C22H26FNO3/c23-20-12-19(10-11-21(20)25)22(26)24-13-16-6-8-18(9-7-16)15-27-14-17-4-2-1-3-5-17/h1-5,10-12,16,18,25H,6-9,13-15H2,(H,24,26). The fraction of sp³-hybridized carbons (Fsp3) is 0.409. The van der Waals surface area contributed by atoms with Crippen LogP contribution in [0, 0.1) is 17.7 Å². The third-order valence-electron chi connectivity index (χ3n) is 5.19. The van der Waals surface area contributed by atoms with Crippen molar-refractivity contribution in [2.45, 2.75) is 32.3 Å². The second-order valence-corrected chi connectivity index (χ2v) is 7.26. The van der Waals surface area contributed by atoms with E-state index in [0.717, 1.165) is 38.4 Å². The molecule has 27 heavy (non-hydrogen) atoms. The number of phenolic OH excluding ortho intramolecular Hbond substituents is 1. The van der Waals surface area contributed by atoms with Gasteiger partial charge in [-0.25, -0.2) is 4.39 Å². The molecule has 3 rings (SSSR count). The molecule has 1 fully saturated rings. The topological polar surface area (TPSA) is 58.6 Å². The Kier molecular flexibility index (Phi) is 6.82. The maximum Gasteiger partial charge on any atom is 0.251 e. The van der Waals surface area contributed by atoms with Crippen LogP contribution < -0.4 is 5.32 Å². The van der Waals surface area contributed by atoms with E-state index in [-0.39, 0.29) is 11.5 Å². The van der Waals surface area contributed by atoms with Crippen molar-refractivity contribution in [1.29, 1.82) is 0 Å². The number of amides is 1. The number of phenols is 1. The van der Waals surface area contributed by atoms with Gasteiger partial charge in [0, 0.05) is 18.7 Å². The number of halogens is 1. The molecule has 1 aliphatic carbocycles. The summed E-state index contributed by atoms with van der Waals surface area (Å²) in [6.07, 6.45) is 4.32. The van der Waals surface area contributed by atoms with E-state index in [4.69, 9.17) is 4.74 Å². The molecule has 0 spiro atoms. The lowest BCUT2D eigenvalue weighted by atomic mass is 9.82. The highest BCUT2D eigenvalue weighted by Crippen LogP contribution is 2.29. The Labute approximate surface area is 159 Å². The second kappa shape index (κ2) is 9.51. The minimum Gasteiger partial charge on any atom is -0.505 e. The molecule has 1 aliphatic rings. The fourth-order valence-electron chi connectivity index (χ4n) is 3.51. The Morgan fingerprint density at radius 2 is 1.78 bits per heavy atom. The zero-order valence-corrected chi connectivity index (χ0v) is 15.4. The van der Waals surface area contributed by atoms with E-state index >= 15 is 0 Å². The van der Waals surface area contributed by atoms with E-state index in [0.29, 0.717) is 25.0 Å². The summed E-state index contributed by atoms with van der Waals surface area (Å²) in [5.74, 6) is -0.506. The zero-order chi connectivity index (χ0) is 19.1. The Morgan fingerprint density at radius 3 is 2.48 bits per heavy atom. The molecule has 0 aliphatic heterocycles. The van der Waals surface area contributed by atoms with Crippen LogP contribution in [0.25, 0.3) is 0 Å². The first-order valence-electron chi connectivity index (χ1n) is 9.50. The molecule has 4 nitrogen and oxygen atoms in total. The Balaban J connectivity index is 1.34. The average Bonchev–Trinajstić information content (AvgIpc) is 2.70. The van der Waals surface area contributed by atoms with E-state index in [9.17, 15) is 14.3 Å². The van der Waals surface area contributed by atoms with Crippen LogP contribution in [0.4, 0.5) is 4.39 Å². The van der Waals surface area contributed by atoms with Crippen molar-refractivity contribution in [3.05, 3.63) is 65.5 Å². The third-order valence-corrected chi connectivity index (χ3v) is 5.19. The number of ether oxygens (including phenoxy) is 1. The number of rotatable bonds is 7. The van der Waals surface area contributed by atoms with E-state index in [1.54, 1.807) is 0 Å². The van der Waals surface area contributed by atoms with Crippen molar-refractivity contribution in [1.82, 2.24) is 5.32 Å². The molecule has 1 amide bonds. The van der Waals surface area contributed by atoms with Crippen LogP contribution in [-0.2, 0) is 11.3 Å². The van der Waals surface area contributed by atoms with Gasteiger partial charge in [-0.05, 0) is 61.3 Å². The second-order valence-electron chi connectivity index (χ2n) is 7.26. The maximum absolute atomic E-state index is 13.3. The number of carbonyl (C=O) groups is 1. The lowest BCUT2D eigenvalue weighted by Crippen LogP contribution is -2.31. The van der Waals surface area contributed by atoms with Crippen LogP contribution in [0.2, 0.25) is 0 Å². The van der Waals surface area contributed by atoms with Gasteiger partial charge < -0.3 is 15.2 Å². The highest BCUT2D eigenvalue weighted by Gasteiger charge is 2.22. The largest absolute Gasteiger partial charge is 0.505 e. The van der Waals surface area contributed by atoms with Crippen LogP contribution in [0.1, 0.15) is 41.6 Å². The van der Waals surface area contributed by atoms with Crippen molar-refractivity contribution >= 4 is 5.91 Å². The summed E-state index contributed by atoms with van der Waals surface area (Å²) in [6, 6.07) is 13.9. The molecule has 0 radical (unpaired) electrons. The maximum atomic E-state index is 13.3. The van der Waals surface area contributed by atoms with Gasteiger partial charge in [0.15, 0.2) is 11.6 Å². The van der Waals surface area contributed by atoms with Gasteiger partial charge in [-0.3, -0.25) is 4.79 Å².